The summed E-state index contributed by atoms with van der Waals surface area (Å²) in [6.07, 6.45) is 15.9. The molecule has 204 valence electrons. The lowest BCUT2D eigenvalue weighted by molar-refractivity contribution is -0.0273. The Balaban J connectivity index is 1.59. The summed E-state index contributed by atoms with van der Waals surface area (Å²) in [6, 6.07) is 3.91. The van der Waals surface area contributed by atoms with Crippen LogP contribution in [0.3, 0.4) is 0 Å². The maximum atomic E-state index is 11.7. The van der Waals surface area contributed by atoms with Gasteiger partial charge in [0.15, 0.2) is 8.32 Å². The van der Waals surface area contributed by atoms with Crippen molar-refractivity contribution in [2.45, 2.75) is 122 Å². The van der Waals surface area contributed by atoms with Crippen LogP contribution in [-0.2, 0) is 15.6 Å². The van der Waals surface area contributed by atoms with E-state index >= 15 is 0 Å². The van der Waals surface area contributed by atoms with Crippen LogP contribution in [0, 0.1) is 17.3 Å². The predicted octanol–water partition coefficient (Wildman–Crippen LogP) is 8.16. The summed E-state index contributed by atoms with van der Waals surface area (Å²) < 4.78 is 11.9. The van der Waals surface area contributed by atoms with Gasteiger partial charge in [0.1, 0.15) is 4.88 Å². The number of hydrogen-bond acceptors (Lipinski definition) is 5. The minimum atomic E-state index is -1.85. The van der Waals surface area contributed by atoms with Gasteiger partial charge in [0, 0.05) is 10.8 Å². The van der Waals surface area contributed by atoms with E-state index in [2.05, 4.69) is 52.9 Å². The number of aliphatic hydroxyl groups is 1. The number of hydrogen-bond donors (Lipinski definition) is 1. The fraction of sp³-hybridized carbons (Fsp3) is 0.767. The van der Waals surface area contributed by atoms with Gasteiger partial charge in [-0.3, -0.25) is 0 Å². The quantitative estimate of drug-likeness (QED) is 0.167. The van der Waals surface area contributed by atoms with Crippen LogP contribution in [0.2, 0.25) is 18.1 Å². The second-order valence-corrected chi connectivity index (χ2v) is 18.7. The highest BCUT2D eigenvalue weighted by molar-refractivity contribution is 7.13. The molecule has 1 heterocycles. The van der Waals surface area contributed by atoms with Crippen LogP contribution < -0.4 is 0 Å². The van der Waals surface area contributed by atoms with Gasteiger partial charge >= 0.3 is 5.97 Å². The minimum Gasteiger partial charge on any atom is -0.465 e. The van der Waals surface area contributed by atoms with Crippen LogP contribution in [0.4, 0.5) is 0 Å². The summed E-state index contributed by atoms with van der Waals surface area (Å²) in [7, 11) is -0.427. The highest BCUT2D eigenvalue weighted by Gasteiger charge is 2.47. The largest absolute Gasteiger partial charge is 0.465 e. The molecule has 4 nitrogen and oxygen atoms in total. The lowest BCUT2D eigenvalue weighted by Gasteiger charge is -2.51. The van der Waals surface area contributed by atoms with Crippen molar-refractivity contribution in [3.05, 3.63) is 34.0 Å². The SMILES string of the molecule is CCC1(C(C/C=C/[C@@H]2[C@@H](CCCc3ccc(C(=O)OC)s3)CC[C@H]2O)O[Si](C)(C)C(C)(C)C)CCC1. The molecule has 4 atom stereocenters. The highest BCUT2D eigenvalue weighted by atomic mass is 32.1. The van der Waals surface area contributed by atoms with Crippen molar-refractivity contribution in [3.8, 4) is 0 Å². The lowest BCUT2D eigenvalue weighted by Crippen LogP contribution is -2.51. The standard InChI is InChI=1S/C30H50O4SSi/c1-8-30(20-11-21-30)27(34-36(6,7)29(2,3)4)15-10-14-24-22(16-18-25(24)31)12-9-13-23-17-19-26(35-23)28(32)33-5/h10,14,17,19,22,24-25,27,31H,8-9,11-13,15-16,18,20-21H2,1-7H3/b14-10+/t22-,24+,25+,27?/m0/s1. The smallest absolute Gasteiger partial charge is 0.348 e. The molecule has 2 aliphatic rings. The average Bonchev–Trinajstić information content (AvgIpc) is 3.39. The first-order valence-electron chi connectivity index (χ1n) is 14.1. The van der Waals surface area contributed by atoms with Crippen LogP contribution in [0.5, 0.6) is 0 Å². The van der Waals surface area contributed by atoms with Crippen molar-refractivity contribution in [2.75, 3.05) is 7.11 Å². The molecule has 36 heavy (non-hydrogen) atoms. The first kappa shape index (κ1) is 29.6. The number of carbonyl (C=O) groups excluding carboxylic acids is 1. The molecule has 0 bridgehead atoms. The number of esters is 1. The molecule has 2 fully saturated rings. The van der Waals surface area contributed by atoms with Crippen molar-refractivity contribution in [1.29, 1.82) is 0 Å². The Morgan fingerprint density at radius 1 is 1.28 bits per heavy atom. The van der Waals surface area contributed by atoms with Gasteiger partial charge in [0.05, 0.1) is 19.3 Å². The van der Waals surface area contributed by atoms with Gasteiger partial charge in [-0.25, -0.2) is 4.79 Å². The zero-order valence-electron chi connectivity index (χ0n) is 23.8. The second-order valence-electron chi connectivity index (χ2n) is 12.7. The maximum absolute atomic E-state index is 11.7. The van der Waals surface area contributed by atoms with Crippen LogP contribution in [0.15, 0.2) is 24.3 Å². The van der Waals surface area contributed by atoms with Crippen molar-refractivity contribution in [3.63, 3.8) is 0 Å². The summed E-state index contributed by atoms with van der Waals surface area (Å²) in [6.45, 7) is 14.1. The molecule has 1 unspecified atom stereocenters. The summed E-state index contributed by atoms with van der Waals surface area (Å²) in [5.74, 6) is 0.518. The number of carbonyl (C=O) groups is 1. The third-order valence-electron chi connectivity index (χ3n) is 9.56. The van der Waals surface area contributed by atoms with Crippen LogP contribution >= 0.6 is 11.3 Å². The Hall–Kier alpha value is -0.953. The zero-order chi connectivity index (χ0) is 26.6. The van der Waals surface area contributed by atoms with E-state index in [4.69, 9.17) is 9.16 Å². The minimum absolute atomic E-state index is 0.209. The maximum Gasteiger partial charge on any atom is 0.348 e. The van der Waals surface area contributed by atoms with Gasteiger partial charge in [-0.2, -0.15) is 0 Å². The van der Waals surface area contributed by atoms with E-state index in [0.717, 1.165) is 38.5 Å². The third-order valence-corrected chi connectivity index (χ3v) is 15.2. The van der Waals surface area contributed by atoms with E-state index in [-0.39, 0.29) is 29.1 Å². The van der Waals surface area contributed by atoms with Gasteiger partial charge in [-0.1, -0.05) is 46.3 Å². The van der Waals surface area contributed by atoms with Crippen molar-refractivity contribution in [2.24, 2.45) is 17.3 Å². The second kappa shape index (κ2) is 12.3. The Morgan fingerprint density at radius 2 is 2.00 bits per heavy atom. The monoisotopic (exact) mass is 534 g/mol. The molecule has 1 aromatic heterocycles. The lowest BCUT2D eigenvalue weighted by atomic mass is 9.63. The molecule has 6 heteroatoms. The molecule has 1 aromatic rings. The molecule has 2 saturated carbocycles. The number of methoxy groups -OCH3 is 1. The van der Waals surface area contributed by atoms with Crippen LogP contribution in [0.1, 0.15) is 100 Å². The molecular weight excluding hydrogens is 484 g/mol. The molecule has 3 rings (SSSR count). The predicted molar refractivity (Wildman–Crippen MR) is 153 cm³/mol. The van der Waals surface area contributed by atoms with E-state index in [0.29, 0.717) is 16.2 Å². The molecule has 2 aliphatic carbocycles. The molecule has 0 radical (unpaired) electrons. The normalized spacial score (nSPS) is 25.2. The number of ether oxygens (including phenoxy) is 1. The molecule has 0 aliphatic heterocycles. The molecule has 0 saturated heterocycles. The number of aliphatic hydroxyl groups excluding tert-OH is 1. The van der Waals surface area contributed by atoms with E-state index < -0.39 is 8.32 Å². The summed E-state index contributed by atoms with van der Waals surface area (Å²) in [5, 5.41) is 11.0. The first-order valence-corrected chi connectivity index (χ1v) is 17.8. The highest BCUT2D eigenvalue weighted by Crippen LogP contribution is 2.51. The Labute approximate surface area is 225 Å². The van der Waals surface area contributed by atoms with Crippen molar-refractivity contribution in [1.82, 2.24) is 0 Å². The number of aryl methyl sites for hydroxylation is 1. The number of thiophene rings is 1. The van der Waals surface area contributed by atoms with Crippen molar-refractivity contribution >= 4 is 25.6 Å². The molecule has 1 N–H and O–H groups in total. The van der Waals surface area contributed by atoms with E-state index in [1.165, 1.54) is 49.0 Å². The number of rotatable bonds is 12. The van der Waals surface area contributed by atoms with E-state index in [1.54, 1.807) is 0 Å². The van der Waals surface area contributed by atoms with E-state index in [1.807, 2.05) is 12.1 Å². The third kappa shape index (κ3) is 6.92. The van der Waals surface area contributed by atoms with Gasteiger partial charge < -0.3 is 14.3 Å². The van der Waals surface area contributed by atoms with Crippen molar-refractivity contribution < 1.29 is 19.1 Å². The molecule has 0 amide bonds. The zero-order valence-corrected chi connectivity index (χ0v) is 25.6. The van der Waals surface area contributed by atoms with E-state index in [9.17, 15) is 9.90 Å². The summed E-state index contributed by atoms with van der Waals surface area (Å²) in [5.41, 5.74) is 0.331. The Morgan fingerprint density at radius 3 is 2.58 bits per heavy atom. The first-order chi connectivity index (χ1) is 16.9. The van der Waals surface area contributed by atoms with Crippen LogP contribution in [-0.4, -0.2) is 38.7 Å². The van der Waals surface area contributed by atoms with Gasteiger partial charge in [0.25, 0.3) is 0 Å². The van der Waals surface area contributed by atoms with Gasteiger partial charge in [-0.15, -0.1) is 11.3 Å². The fourth-order valence-electron chi connectivity index (χ4n) is 5.82. The summed E-state index contributed by atoms with van der Waals surface area (Å²) in [4.78, 5) is 13.6. The molecule has 0 spiro atoms. The summed E-state index contributed by atoms with van der Waals surface area (Å²) >= 11 is 1.54. The fourth-order valence-corrected chi connectivity index (χ4v) is 8.19. The Bertz CT molecular complexity index is 874. The Kier molecular flexibility index (Phi) is 10.1. The van der Waals surface area contributed by atoms with Crippen LogP contribution in [0.25, 0.3) is 0 Å². The molecule has 0 aromatic carbocycles. The topological polar surface area (TPSA) is 55.8 Å². The van der Waals surface area contributed by atoms with Gasteiger partial charge in [0.2, 0.25) is 0 Å². The van der Waals surface area contributed by atoms with Gasteiger partial charge in [-0.05, 0) is 99.4 Å². The molecular formula is C30H50O4SSi. The average molecular weight is 535 g/mol.